The molecule has 1 aromatic rings. The Morgan fingerprint density at radius 1 is 1.26 bits per heavy atom. The van der Waals surface area contributed by atoms with Crippen LogP contribution >= 0.6 is 0 Å². The van der Waals surface area contributed by atoms with E-state index in [1.807, 2.05) is 13.8 Å². The van der Waals surface area contributed by atoms with E-state index in [0.717, 1.165) is 0 Å². The molecule has 0 aliphatic carbocycles. The van der Waals surface area contributed by atoms with Gasteiger partial charge >= 0.3 is 0 Å². The molecule has 1 amide bonds. The molecule has 0 spiro atoms. The van der Waals surface area contributed by atoms with E-state index in [4.69, 9.17) is 14.6 Å². The molecule has 1 aromatic carbocycles. The molecule has 0 aliphatic heterocycles. The van der Waals surface area contributed by atoms with E-state index >= 15 is 0 Å². The highest BCUT2D eigenvalue weighted by atomic mass is 16.5. The van der Waals surface area contributed by atoms with Gasteiger partial charge in [0, 0.05) is 12.6 Å². The van der Waals surface area contributed by atoms with Gasteiger partial charge in [-0.25, -0.2) is 0 Å². The molecule has 2 N–H and O–H groups in total. The van der Waals surface area contributed by atoms with Crippen molar-refractivity contribution in [2.75, 3.05) is 20.8 Å². The minimum absolute atomic E-state index is 0.0184. The van der Waals surface area contributed by atoms with Crippen LogP contribution < -0.4 is 14.8 Å². The number of aliphatic hydroxyl groups excluding tert-OH is 1. The van der Waals surface area contributed by atoms with E-state index in [1.54, 1.807) is 18.2 Å². The molecule has 0 saturated carbocycles. The highest BCUT2D eigenvalue weighted by molar-refractivity contribution is 5.99. The van der Waals surface area contributed by atoms with Gasteiger partial charge in [0.1, 0.15) is 17.1 Å². The Balaban J connectivity index is 2.98. The summed E-state index contributed by atoms with van der Waals surface area (Å²) in [6.45, 7) is 3.73. The molecule has 1 rings (SSSR count). The fraction of sp³-hybridized carbons (Fsp3) is 0.500. The lowest BCUT2D eigenvalue weighted by molar-refractivity contribution is 0.0910. The predicted octanol–water partition coefficient (Wildman–Crippen LogP) is 1.45. The van der Waals surface area contributed by atoms with E-state index in [9.17, 15) is 4.79 Å². The molecule has 0 radical (unpaired) electrons. The van der Waals surface area contributed by atoms with Gasteiger partial charge in [-0.15, -0.1) is 0 Å². The standard InChI is InChI=1S/C14H21NO4/c1-9(8-16)10(2)15-14(17)13-11(18-3)6-5-7-12(13)19-4/h5-7,9-10,16H,8H2,1-4H3,(H,15,17). The molecule has 0 aliphatic rings. The van der Waals surface area contributed by atoms with Crippen LogP contribution in [0.2, 0.25) is 0 Å². The van der Waals surface area contributed by atoms with Crippen molar-refractivity contribution in [3.05, 3.63) is 23.8 Å². The highest BCUT2D eigenvalue weighted by Gasteiger charge is 2.21. The average molecular weight is 267 g/mol. The molecule has 106 valence electrons. The average Bonchev–Trinajstić information content (AvgIpc) is 2.44. The summed E-state index contributed by atoms with van der Waals surface area (Å²) in [7, 11) is 3.01. The Bertz CT molecular complexity index is 411. The zero-order valence-corrected chi connectivity index (χ0v) is 11.8. The second-order valence-corrected chi connectivity index (χ2v) is 4.46. The first-order valence-electron chi connectivity index (χ1n) is 6.17. The first-order chi connectivity index (χ1) is 9.04. The number of carbonyl (C=O) groups is 1. The molecule has 0 bridgehead atoms. The van der Waals surface area contributed by atoms with Gasteiger partial charge < -0.3 is 19.9 Å². The lowest BCUT2D eigenvalue weighted by atomic mass is 10.0. The third kappa shape index (κ3) is 3.61. The summed E-state index contributed by atoms with van der Waals surface area (Å²) in [5, 5.41) is 11.9. The number of carbonyl (C=O) groups excluding carboxylic acids is 1. The molecule has 0 saturated heterocycles. The van der Waals surface area contributed by atoms with Crippen LogP contribution in [-0.2, 0) is 0 Å². The molecular formula is C14H21NO4. The smallest absolute Gasteiger partial charge is 0.259 e. The predicted molar refractivity (Wildman–Crippen MR) is 72.7 cm³/mol. The van der Waals surface area contributed by atoms with Crippen LogP contribution in [0.4, 0.5) is 0 Å². The van der Waals surface area contributed by atoms with Crippen molar-refractivity contribution in [3.63, 3.8) is 0 Å². The second kappa shape index (κ2) is 6.99. The van der Waals surface area contributed by atoms with Crippen molar-refractivity contribution in [1.82, 2.24) is 5.32 Å². The number of nitrogens with one attached hydrogen (secondary N) is 1. The maximum Gasteiger partial charge on any atom is 0.259 e. The SMILES string of the molecule is COc1cccc(OC)c1C(=O)NC(C)C(C)CO. The first-order valence-corrected chi connectivity index (χ1v) is 6.17. The minimum atomic E-state index is -0.276. The topological polar surface area (TPSA) is 67.8 Å². The molecule has 5 nitrogen and oxygen atoms in total. The van der Waals surface area contributed by atoms with Crippen LogP contribution in [0, 0.1) is 5.92 Å². The van der Waals surface area contributed by atoms with E-state index < -0.39 is 0 Å². The molecule has 2 unspecified atom stereocenters. The number of rotatable bonds is 6. The van der Waals surface area contributed by atoms with Crippen molar-refractivity contribution in [2.24, 2.45) is 5.92 Å². The quantitative estimate of drug-likeness (QED) is 0.818. The summed E-state index contributed by atoms with van der Waals surface area (Å²) in [5.41, 5.74) is 0.365. The van der Waals surface area contributed by atoms with Gasteiger partial charge in [0.25, 0.3) is 5.91 Å². The lowest BCUT2D eigenvalue weighted by Gasteiger charge is -2.20. The molecule has 0 fully saturated rings. The fourth-order valence-electron chi connectivity index (χ4n) is 1.65. The fourth-order valence-corrected chi connectivity index (χ4v) is 1.65. The zero-order valence-electron chi connectivity index (χ0n) is 11.8. The monoisotopic (exact) mass is 267 g/mol. The maximum atomic E-state index is 12.3. The van der Waals surface area contributed by atoms with Crippen LogP contribution in [0.1, 0.15) is 24.2 Å². The van der Waals surface area contributed by atoms with E-state index in [1.165, 1.54) is 14.2 Å². The molecule has 0 aromatic heterocycles. The van der Waals surface area contributed by atoms with Crippen LogP contribution in [0.3, 0.4) is 0 Å². The first kappa shape index (κ1) is 15.3. The van der Waals surface area contributed by atoms with Gasteiger partial charge in [-0.05, 0) is 25.0 Å². The Morgan fingerprint density at radius 3 is 2.21 bits per heavy atom. The van der Waals surface area contributed by atoms with Crippen LogP contribution in [0.15, 0.2) is 18.2 Å². The van der Waals surface area contributed by atoms with E-state index in [2.05, 4.69) is 5.32 Å². The van der Waals surface area contributed by atoms with Gasteiger partial charge in [-0.3, -0.25) is 4.79 Å². The molecule has 5 heteroatoms. The van der Waals surface area contributed by atoms with Crippen molar-refractivity contribution in [1.29, 1.82) is 0 Å². The maximum absolute atomic E-state index is 12.3. The number of methoxy groups -OCH3 is 2. The van der Waals surface area contributed by atoms with E-state index in [-0.39, 0.29) is 24.5 Å². The summed E-state index contributed by atoms with van der Waals surface area (Å²) >= 11 is 0. The van der Waals surface area contributed by atoms with Gasteiger partial charge in [0.15, 0.2) is 0 Å². The number of hydrogen-bond acceptors (Lipinski definition) is 4. The largest absolute Gasteiger partial charge is 0.496 e. The lowest BCUT2D eigenvalue weighted by Crippen LogP contribution is -2.38. The van der Waals surface area contributed by atoms with Gasteiger partial charge in [-0.2, -0.15) is 0 Å². The van der Waals surface area contributed by atoms with Crippen molar-refractivity contribution in [2.45, 2.75) is 19.9 Å². The molecule has 19 heavy (non-hydrogen) atoms. The van der Waals surface area contributed by atoms with Crippen LogP contribution in [0.25, 0.3) is 0 Å². The zero-order chi connectivity index (χ0) is 14.4. The third-order valence-electron chi connectivity index (χ3n) is 3.16. The highest BCUT2D eigenvalue weighted by Crippen LogP contribution is 2.28. The number of amides is 1. The van der Waals surface area contributed by atoms with Gasteiger partial charge in [-0.1, -0.05) is 13.0 Å². The third-order valence-corrected chi connectivity index (χ3v) is 3.16. The normalized spacial score (nSPS) is 13.5. The van der Waals surface area contributed by atoms with Crippen molar-refractivity contribution in [3.8, 4) is 11.5 Å². The van der Waals surface area contributed by atoms with Gasteiger partial charge in [0.05, 0.1) is 14.2 Å². The van der Waals surface area contributed by atoms with Crippen LogP contribution in [-0.4, -0.2) is 37.9 Å². The number of hydrogen-bond donors (Lipinski definition) is 2. The Hall–Kier alpha value is -1.75. The molecule has 2 atom stereocenters. The van der Waals surface area contributed by atoms with Crippen LogP contribution in [0.5, 0.6) is 11.5 Å². The summed E-state index contributed by atoms with van der Waals surface area (Å²) in [6, 6.07) is 5.02. The van der Waals surface area contributed by atoms with Crippen molar-refractivity contribution < 1.29 is 19.4 Å². The number of benzene rings is 1. The molecule has 0 heterocycles. The Kier molecular flexibility index (Phi) is 5.63. The van der Waals surface area contributed by atoms with E-state index in [0.29, 0.717) is 17.1 Å². The second-order valence-electron chi connectivity index (χ2n) is 4.46. The summed E-state index contributed by atoms with van der Waals surface area (Å²) in [5.74, 6) is 0.619. The summed E-state index contributed by atoms with van der Waals surface area (Å²) in [6.07, 6.45) is 0. The number of aliphatic hydroxyl groups is 1. The van der Waals surface area contributed by atoms with Gasteiger partial charge in [0.2, 0.25) is 0 Å². The Labute approximate surface area is 113 Å². The summed E-state index contributed by atoms with van der Waals surface area (Å²) < 4.78 is 10.4. The minimum Gasteiger partial charge on any atom is -0.496 e. The van der Waals surface area contributed by atoms with Crippen molar-refractivity contribution >= 4 is 5.91 Å². The summed E-state index contributed by atoms with van der Waals surface area (Å²) in [4.78, 5) is 12.3. The molecular weight excluding hydrogens is 246 g/mol. The number of ether oxygens (including phenoxy) is 2. The Morgan fingerprint density at radius 2 is 1.79 bits per heavy atom.